The van der Waals surface area contributed by atoms with Gasteiger partial charge in [-0.25, -0.2) is 4.39 Å². The lowest BCUT2D eigenvalue weighted by Gasteiger charge is -2.22. The van der Waals surface area contributed by atoms with Crippen LogP contribution in [0.25, 0.3) is 34.0 Å². The van der Waals surface area contributed by atoms with Gasteiger partial charge >= 0.3 is 12.1 Å². The maximum absolute atomic E-state index is 14.5. The van der Waals surface area contributed by atoms with Crippen LogP contribution < -0.4 is 0 Å². The van der Waals surface area contributed by atoms with Gasteiger partial charge in [0.15, 0.2) is 0 Å². The summed E-state index contributed by atoms with van der Waals surface area (Å²) in [6, 6.07) is 14.8. The summed E-state index contributed by atoms with van der Waals surface area (Å²) in [7, 11) is 1.69. The average molecular weight is 556 g/mol. The number of likely N-dealkylation sites (N-methyl/N-ethyl adjacent to an activating group) is 1. The number of benzene rings is 3. The molecule has 0 aliphatic heterocycles. The molecule has 0 spiro atoms. The monoisotopic (exact) mass is 555 g/mol. The number of ether oxygens (including phenoxy) is 1. The van der Waals surface area contributed by atoms with Crippen LogP contribution in [0.5, 0.6) is 0 Å². The van der Waals surface area contributed by atoms with E-state index in [1.165, 1.54) is 24.3 Å². The number of rotatable bonds is 7. The van der Waals surface area contributed by atoms with Crippen molar-refractivity contribution in [2.24, 2.45) is 0 Å². The van der Waals surface area contributed by atoms with E-state index in [2.05, 4.69) is 10.1 Å². The lowest BCUT2D eigenvalue weighted by molar-refractivity contribution is -0.155. The number of halogens is 4. The van der Waals surface area contributed by atoms with Crippen LogP contribution in [0.15, 0.2) is 65.2 Å². The second-order valence-electron chi connectivity index (χ2n) is 10.6. The summed E-state index contributed by atoms with van der Waals surface area (Å²) in [4.78, 5) is 18.0. The first-order valence-corrected chi connectivity index (χ1v) is 12.5. The normalized spacial score (nSPS) is 12.2. The van der Waals surface area contributed by atoms with Crippen LogP contribution in [0, 0.1) is 12.7 Å². The minimum atomic E-state index is -4.63. The molecule has 0 unspecified atom stereocenters. The third-order valence-electron chi connectivity index (χ3n) is 5.92. The second kappa shape index (κ2) is 11.2. The first-order chi connectivity index (χ1) is 18.7. The molecular weight excluding hydrogens is 526 g/mol. The van der Waals surface area contributed by atoms with Gasteiger partial charge in [-0.05, 0) is 87.3 Å². The molecule has 0 N–H and O–H groups in total. The van der Waals surface area contributed by atoms with Gasteiger partial charge in [0.1, 0.15) is 11.4 Å². The molecule has 210 valence electrons. The Morgan fingerprint density at radius 3 is 2.38 bits per heavy atom. The molecule has 0 amide bonds. The SMILES string of the molecule is Cc1ccccc1-c1ccc(-c2nc(-c3cc(F)cc(CN(C)CC(=O)OC(C)(C)C)c3)no2)cc1C(F)(F)F. The van der Waals surface area contributed by atoms with Crippen molar-refractivity contribution >= 4 is 5.97 Å². The molecule has 40 heavy (non-hydrogen) atoms. The van der Waals surface area contributed by atoms with Crippen LogP contribution in [-0.2, 0) is 22.3 Å². The highest BCUT2D eigenvalue weighted by atomic mass is 19.4. The first-order valence-electron chi connectivity index (χ1n) is 12.5. The van der Waals surface area contributed by atoms with Gasteiger partial charge in [0.25, 0.3) is 5.89 Å². The van der Waals surface area contributed by atoms with Crippen molar-refractivity contribution in [1.29, 1.82) is 0 Å². The Morgan fingerprint density at radius 1 is 0.975 bits per heavy atom. The van der Waals surface area contributed by atoms with Gasteiger partial charge in [-0.1, -0.05) is 35.5 Å². The quantitative estimate of drug-likeness (QED) is 0.176. The molecule has 0 radical (unpaired) electrons. The molecule has 0 saturated heterocycles. The number of aromatic nitrogens is 2. The van der Waals surface area contributed by atoms with Gasteiger partial charge in [0.05, 0.1) is 12.1 Å². The molecule has 0 aliphatic rings. The summed E-state index contributed by atoms with van der Waals surface area (Å²) in [5.41, 5.74) is 0.660. The van der Waals surface area contributed by atoms with E-state index in [4.69, 9.17) is 9.26 Å². The molecule has 0 atom stereocenters. The van der Waals surface area contributed by atoms with E-state index >= 15 is 0 Å². The van der Waals surface area contributed by atoms with Gasteiger partial charge in [0.2, 0.25) is 5.82 Å². The summed E-state index contributed by atoms with van der Waals surface area (Å²) in [5, 5.41) is 3.88. The zero-order chi connectivity index (χ0) is 29.2. The van der Waals surface area contributed by atoms with Crippen molar-refractivity contribution in [3.05, 3.63) is 83.2 Å². The largest absolute Gasteiger partial charge is 0.459 e. The topological polar surface area (TPSA) is 68.5 Å². The van der Waals surface area contributed by atoms with E-state index in [1.54, 1.807) is 70.0 Å². The molecule has 4 rings (SSSR count). The number of hydrogen-bond donors (Lipinski definition) is 0. The van der Waals surface area contributed by atoms with Crippen LogP contribution in [0.3, 0.4) is 0 Å². The molecule has 0 saturated carbocycles. The van der Waals surface area contributed by atoms with Crippen molar-refractivity contribution in [1.82, 2.24) is 15.0 Å². The van der Waals surface area contributed by atoms with Gasteiger partial charge < -0.3 is 9.26 Å². The van der Waals surface area contributed by atoms with Crippen LogP contribution in [0.2, 0.25) is 0 Å². The van der Waals surface area contributed by atoms with Crippen molar-refractivity contribution in [3.8, 4) is 34.0 Å². The summed E-state index contributed by atoms with van der Waals surface area (Å²) in [6.07, 6.45) is -4.63. The number of carbonyl (C=O) groups is 1. The van der Waals surface area contributed by atoms with Gasteiger partial charge in [-0.15, -0.1) is 0 Å². The number of nitrogens with zero attached hydrogens (tertiary/aromatic N) is 3. The van der Waals surface area contributed by atoms with E-state index < -0.39 is 29.1 Å². The highest BCUT2D eigenvalue weighted by Crippen LogP contribution is 2.40. The molecule has 0 bridgehead atoms. The van der Waals surface area contributed by atoms with Crippen molar-refractivity contribution in [2.75, 3.05) is 13.6 Å². The van der Waals surface area contributed by atoms with E-state index in [9.17, 15) is 22.4 Å². The molecule has 1 heterocycles. The smallest absolute Gasteiger partial charge is 0.417 e. The number of hydrogen-bond acceptors (Lipinski definition) is 6. The lowest BCUT2D eigenvalue weighted by atomic mass is 9.94. The Hall–Kier alpha value is -4.05. The van der Waals surface area contributed by atoms with Gasteiger partial charge in [-0.2, -0.15) is 18.2 Å². The molecule has 1 aromatic heterocycles. The second-order valence-corrected chi connectivity index (χ2v) is 10.6. The van der Waals surface area contributed by atoms with E-state index in [-0.39, 0.29) is 41.5 Å². The fourth-order valence-corrected chi connectivity index (χ4v) is 4.31. The Kier molecular flexibility index (Phi) is 8.11. The summed E-state index contributed by atoms with van der Waals surface area (Å²) in [6.45, 7) is 7.28. The fraction of sp³-hybridized carbons (Fsp3) is 0.300. The third kappa shape index (κ3) is 7.12. The molecule has 0 fully saturated rings. The number of aryl methyl sites for hydroxylation is 1. The Morgan fingerprint density at radius 2 is 1.70 bits per heavy atom. The van der Waals surface area contributed by atoms with Crippen LogP contribution >= 0.6 is 0 Å². The Balaban J connectivity index is 1.60. The van der Waals surface area contributed by atoms with E-state index in [0.29, 0.717) is 16.7 Å². The van der Waals surface area contributed by atoms with Crippen LogP contribution in [0.1, 0.15) is 37.5 Å². The molecule has 10 heteroatoms. The summed E-state index contributed by atoms with van der Waals surface area (Å²) < 4.78 is 67.2. The van der Waals surface area contributed by atoms with Crippen LogP contribution in [0.4, 0.5) is 17.6 Å². The number of alkyl halides is 3. The zero-order valence-electron chi connectivity index (χ0n) is 22.8. The van der Waals surface area contributed by atoms with E-state index in [1.807, 2.05) is 0 Å². The fourth-order valence-electron chi connectivity index (χ4n) is 4.31. The van der Waals surface area contributed by atoms with E-state index in [0.717, 1.165) is 6.07 Å². The molecule has 4 aromatic rings. The van der Waals surface area contributed by atoms with Crippen molar-refractivity contribution < 1.29 is 31.6 Å². The summed E-state index contributed by atoms with van der Waals surface area (Å²) >= 11 is 0. The predicted octanol–water partition coefficient (Wildman–Crippen LogP) is 7.31. The predicted molar refractivity (Wildman–Crippen MR) is 142 cm³/mol. The lowest BCUT2D eigenvalue weighted by Crippen LogP contribution is -2.32. The highest BCUT2D eigenvalue weighted by Gasteiger charge is 2.35. The van der Waals surface area contributed by atoms with Crippen LogP contribution in [-0.4, -0.2) is 40.2 Å². The standard InChI is InChI=1S/C30H29F4N3O3/c1-18-8-6-7-9-23(18)24-11-10-20(15-25(24)30(32,33)34)28-35-27(36-40-28)21-12-19(13-22(31)14-21)16-37(5)17-26(38)39-29(2,3)4/h6-15H,16-17H2,1-5H3. The van der Waals surface area contributed by atoms with Crippen molar-refractivity contribution in [2.45, 2.75) is 46.0 Å². The highest BCUT2D eigenvalue weighted by molar-refractivity contribution is 5.75. The molecule has 0 aliphatic carbocycles. The zero-order valence-corrected chi connectivity index (χ0v) is 22.8. The minimum Gasteiger partial charge on any atom is -0.459 e. The minimum absolute atomic E-state index is 0.00445. The molecule has 3 aromatic carbocycles. The maximum Gasteiger partial charge on any atom is 0.417 e. The number of esters is 1. The molecule has 6 nitrogen and oxygen atoms in total. The average Bonchev–Trinajstić information content (AvgIpc) is 3.32. The Labute approximate surface area is 229 Å². The number of carbonyl (C=O) groups excluding carboxylic acids is 1. The first kappa shape index (κ1) is 28.9. The maximum atomic E-state index is 14.5. The molecular formula is C30H29F4N3O3. The Bertz CT molecular complexity index is 1520. The van der Waals surface area contributed by atoms with Crippen molar-refractivity contribution in [3.63, 3.8) is 0 Å². The third-order valence-corrected chi connectivity index (χ3v) is 5.92. The summed E-state index contributed by atoms with van der Waals surface area (Å²) in [5.74, 6) is -1.10. The van der Waals surface area contributed by atoms with Gasteiger partial charge in [-0.3, -0.25) is 9.69 Å². The van der Waals surface area contributed by atoms with Gasteiger partial charge in [0, 0.05) is 17.7 Å².